The topological polar surface area (TPSA) is 72.2 Å². The van der Waals surface area contributed by atoms with Gasteiger partial charge in [0.15, 0.2) is 0 Å². The highest BCUT2D eigenvalue weighted by atomic mass is 16.3. The van der Waals surface area contributed by atoms with Crippen molar-refractivity contribution < 1.29 is 5.11 Å². The molecule has 5 nitrogen and oxygen atoms in total. The molecule has 102 valence electrons. The average Bonchev–Trinajstić information content (AvgIpc) is 2.44. The van der Waals surface area contributed by atoms with Crippen LogP contribution >= 0.6 is 0 Å². The lowest BCUT2D eigenvalue weighted by Crippen LogP contribution is -2.47. The number of hydrogen-bond acceptors (Lipinski definition) is 3. The van der Waals surface area contributed by atoms with E-state index in [0.717, 1.165) is 13.0 Å². The van der Waals surface area contributed by atoms with E-state index in [9.17, 15) is 5.11 Å². The van der Waals surface area contributed by atoms with Gasteiger partial charge in [0, 0.05) is 17.5 Å². The average molecular weight is 260 g/mol. The fourth-order valence-electron chi connectivity index (χ4n) is 2.81. The van der Waals surface area contributed by atoms with Crippen LogP contribution in [0.3, 0.4) is 0 Å². The fourth-order valence-corrected chi connectivity index (χ4v) is 2.81. The summed E-state index contributed by atoms with van der Waals surface area (Å²) in [6.45, 7) is 3.58. The Balaban J connectivity index is 2.08. The summed E-state index contributed by atoms with van der Waals surface area (Å²) in [7, 11) is 0. The molecule has 0 aliphatic carbocycles. The second kappa shape index (κ2) is 6.57. The standard InChI is InChI=1S/C14H20N4O/c1-2-13(11-6-4-3-5-7-11)18-9-8-12(16-17-15)14(19)10-18/h3-7,12-14,19H,2,8-10H2,1H3. The molecule has 1 heterocycles. The van der Waals surface area contributed by atoms with Gasteiger partial charge < -0.3 is 5.11 Å². The first kappa shape index (κ1) is 13.9. The lowest BCUT2D eigenvalue weighted by molar-refractivity contribution is 0.0304. The molecule has 0 saturated carbocycles. The van der Waals surface area contributed by atoms with Gasteiger partial charge in [-0.2, -0.15) is 0 Å². The van der Waals surface area contributed by atoms with Gasteiger partial charge >= 0.3 is 0 Å². The zero-order chi connectivity index (χ0) is 13.7. The Labute approximate surface area is 113 Å². The van der Waals surface area contributed by atoms with E-state index < -0.39 is 6.10 Å². The van der Waals surface area contributed by atoms with Gasteiger partial charge in [0.2, 0.25) is 0 Å². The van der Waals surface area contributed by atoms with Crippen LogP contribution in [-0.4, -0.2) is 35.2 Å². The molecule has 1 N–H and O–H groups in total. The quantitative estimate of drug-likeness (QED) is 0.513. The van der Waals surface area contributed by atoms with Gasteiger partial charge in [-0.15, -0.1) is 0 Å². The summed E-state index contributed by atoms with van der Waals surface area (Å²) in [6.07, 6.45) is 1.15. The molecule has 0 spiro atoms. The maximum atomic E-state index is 10.1. The Bertz CT molecular complexity index is 444. The van der Waals surface area contributed by atoms with Crippen LogP contribution in [0.2, 0.25) is 0 Å². The Morgan fingerprint density at radius 1 is 1.47 bits per heavy atom. The molecule has 1 aromatic rings. The highest BCUT2D eigenvalue weighted by Crippen LogP contribution is 2.28. The first-order valence-corrected chi connectivity index (χ1v) is 6.77. The third-order valence-electron chi connectivity index (χ3n) is 3.79. The van der Waals surface area contributed by atoms with Crippen LogP contribution in [0.5, 0.6) is 0 Å². The van der Waals surface area contributed by atoms with Gasteiger partial charge in [-0.1, -0.05) is 42.4 Å². The van der Waals surface area contributed by atoms with Crippen LogP contribution < -0.4 is 0 Å². The molecule has 3 atom stereocenters. The molecule has 1 fully saturated rings. The molecular weight excluding hydrogens is 240 g/mol. The number of hydrogen-bond donors (Lipinski definition) is 1. The summed E-state index contributed by atoms with van der Waals surface area (Å²) < 4.78 is 0. The number of benzene rings is 1. The van der Waals surface area contributed by atoms with E-state index in [1.54, 1.807) is 0 Å². The van der Waals surface area contributed by atoms with Crippen LogP contribution in [0.15, 0.2) is 35.4 Å². The lowest BCUT2D eigenvalue weighted by Gasteiger charge is -2.39. The fraction of sp³-hybridized carbons (Fsp3) is 0.571. The summed E-state index contributed by atoms with van der Waals surface area (Å²) in [5, 5.41) is 13.7. The van der Waals surface area contributed by atoms with Crippen molar-refractivity contribution in [3.63, 3.8) is 0 Å². The van der Waals surface area contributed by atoms with Crippen molar-refractivity contribution in [2.24, 2.45) is 5.11 Å². The van der Waals surface area contributed by atoms with Crippen LogP contribution in [0, 0.1) is 0 Å². The van der Waals surface area contributed by atoms with Crippen molar-refractivity contribution in [3.05, 3.63) is 46.3 Å². The van der Waals surface area contributed by atoms with Crippen LogP contribution in [-0.2, 0) is 0 Å². The summed E-state index contributed by atoms with van der Waals surface area (Å²) >= 11 is 0. The van der Waals surface area contributed by atoms with E-state index in [1.165, 1.54) is 5.56 Å². The number of β-amino-alcohol motifs (C(OH)–C–C–N with tert-alkyl or cyclic N) is 1. The maximum Gasteiger partial charge on any atom is 0.0752 e. The zero-order valence-corrected chi connectivity index (χ0v) is 11.2. The molecule has 0 radical (unpaired) electrons. The number of likely N-dealkylation sites (tertiary alicyclic amines) is 1. The molecule has 1 aliphatic heterocycles. The molecule has 1 aromatic carbocycles. The van der Waals surface area contributed by atoms with E-state index in [1.807, 2.05) is 18.2 Å². The summed E-state index contributed by atoms with van der Waals surface area (Å²) in [5.41, 5.74) is 9.75. The Hall–Kier alpha value is -1.55. The highest BCUT2D eigenvalue weighted by Gasteiger charge is 2.30. The number of piperidine rings is 1. The number of nitrogens with zero attached hydrogens (tertiary/aromatic N) is 4. The first-order valence-electron chi connectivity index (χ1n) is 6.77. The SMILES string of the molecule is CCC(c1ccccc1)N1CCC(N=[N+]=[N-])C(O)C1. The first-order chi connectivity index (χ1) is 9.26. The minimum absolute atomic E-state index is 0.283. The van der Waals surface area contributed by atoms with Crippen molar-refractivity contribution in [2.45, 2.75) is 38.0 Å². The molecular formula is C14H20N4O. The van der Waals surface area contributed by atoms with E-state index in [2.05, 4.69) is 34.0 Å². The monoisotopic (exact) mass is 260 g/mol. The molecule has 5 heteroatoms. The summed E-state index contributed by atoms with van der Waals surface area (Å²) in [6, 6.07) is 10.4. The maximum absolute atomic E-state index is 10.1. The second-order valence-electron chi connectivity index (χ2n) is 4.96. The third-order valence-corrected chi connectivity index (χ3v) is 3.79. The Morgan fingerprint density at radius 3 is 2.79 bits per heavy atom. The van der Waals surface area contributed by atoms with Gasteiger partial charge in [0.25, 0.3) is 0 Å². The van der Waals surface area contributed by atoms with E-state index in [0.29, 0.717) is 19.0 Å². The molecule has 3 unspecified atom stereocenters. The molecule has 0 bridgehead atoms. The number of azide groups is 1. The van der Waals surface area contributed by atoms with Gasteiger partial charge in [-0.3, -0.25) is 4.90 Å². The van der Waals surface area contributed by atoms with Crippen molar-refractivity contribution in [2.75, 3.05) is 13.1 Å². The predicted octanol–water partition coefficient (Wildman–Crippen LogP) is 2.88. The van der Waals surface area contributed by atoms with Crippen molar-refractivity contribution in [1.29, 1.82) is 0 Å². The second-order valence-corrected chi connectivity index (χ2v) is 4.96. The number of aliphatic hydroxyl groups is 1. The number of aliphatic hydroxyl groups excluding tert-OH is 1. The van der Waals surface area contributed by atoms with Crippen molar-refractivity contribution in [3.8, 4) is 0 Å². The predicted molar refractivity (Wildman–Crippen MR) is 74.6 cm³/mol. The van der Waals surface area contributed by atoms with Crippen molar-refractivity contribution >= 4 is 0 Å². The number of rotatable bonds is 4. The van der Waals surface area contributed by atoms with Crippen LogP contribution in [0.4, 0.5) is 0 Å². The molecule has 19 heavy (non-hydrogen) atoms. The molecule has 0 aromatic heterocycles. The van der Waals surface area contributed by atoms with Crippen molar-refractivity contribution in [1.82, 2.24) is 4.90 Å². The minimum Gasteiger partial charge on any atom is -0.391 e. The van der Waals surface area contributed by atoms with Gasteiger partial charge in [-0.05, 0) is 30.5 Å². The highest BCUT2D eigenvalue weighted by molar-refractivity contribution is 5.19. The zero-order valence-electron chi connectivity index (χ0n) is 11.2. The Morgan fingerprint density at radius 2 is 2.21 bits per heavy atom. The third kappa shape index (κ3) is 3.26. The van der Waals surface area contributed by atoms with E-state index in [-0.39, 0.29) is 6.04 Å². The normalized spacial score (nSPS) is 25.6. The molecule has 1 aliphatic rings. The van der Waals surface area contributed by atoms with Crippen LogP contribution in [0.1, 0.15) is 31.4 Å². The molecule has 1 saturated heterocycles. The Kier molecular flexibility index (Phi) is 4.80. The minimum atomic E-state index is -0.567. The van der Waals surface area contributed by atoms with Gasteiger partial charge in [-0.25, -0.2) is 0 Å². The molecule has 2 rings (SSSR count). The van der Waals surface area contributed by atoms with E-state index >= 15 is 0 Å². The largest absolute Gasteiger partial charge is 0.391 e. The lowest BCUT2D eigenvalue weighted by atomic mass is 9.96. The van der Waals surface area contributed by atoms with E-state index in [4.69, 9.17) is 5.53 Å². The van der Waals surface area contributed by atoms with Gasteiger partial charge in [0.1, 0.15) is 0 Å². The molecule has 0 amide bonds. The summed E-state index contributed by atoms with van der Waals surface area (Å²) in [5.74, 6) is 0. The van der Waals surface area contributed by atoms with Crippen LogP contribution in [0.25, 0.3) is 10.4 Å². The summed E-state index contributed by atoms with van der Waals surface area (Å²) in [4.78, 5) is 5.09. The van der Waals surface area contributed by atoms with Gasteiger partial charge in [0.05, 0.1) is 12.1 Å². The smallest absolute Gasteiger partial charge is 0.0752 e.